The van der Waals surface area contributed by atoms with Crippen LogP contribution in [0.25, 0.3) is 6.08 Å². The zero-order chi connectivity index (χ0) is 9.14. The van der Waals surface area contributed by atoms with Gasteiger partial charge in [0, 0.05) is 10.9 Å². The summed E-state index contributed by atoms with van der Waals surface area (Å²) in [5, 5.41) is 0. The van der Waals surface area contributed by atoms with Crippen LogP contribution in [0.1, 0.15) is 18.7 Å². The highest BCUT2D eigenvalue weighted by Crippen LogP contribution is 2.23. The maximum Gasteiger partial charge on any atom is 0.0934 e. The van der Waals surface area contributed by atoms with Gasteiger partial charge < -0.3 is 5.73 Å². The molecule has 3 heteroatoms. The summed E-state index contributed by atoms with van der Waals surface area (Å²) in [4.78, 5) is 1.16. The Morgan fingerprint density at radius 1 is 1.67 bits per heavy atom. The second kappa shape index (κ2) is 4.08. The van der Waals surface area contributed by atoms with E-state index in [0.717, 1.165) is 9.21 Å². The van der Waals surface area contributed by atoms with E-state index in [9.17, 15) is 0 Å². The highest BCUT2D eigenvalue weighted by Gasteiger charge is 1.98. The molecule has 0 aliphatic heterocycles. The molecule has 0 aliphatic carbocycles. The van der Waals surface area contributed by atoms with Crippen LogP contribution in [0.4, 0.5) is 0 Å². The molecular weight excluding hydrogens is 190 g/mol. The molecule has 66 valence electrons. The Labute approximate surface area is 81.9 Å². The molecule has 0 radical (unpaired) electrons. The molecule has 1 atom stereocenters. The van der Waals surface area contributed by atoms with E-state index in [2.05, 4.69) is 6.08 Å². The summed E-state index contributed by atoms with van der Waals surface area (Å²) in [6, 6.07) is 4.01. The van der Waals surface area contributed by atoms with E-state index < -0.39 is 0 Å². The highest BCUT2D eigenvalue weighted by atomic mass is 35.5. The lowest BCUT2D eigenvalue weighted by Crippen LogP contribution is -2.15. The third kappa shape index (κ3) is 2.63. The number of hydrogen-bond donors (Lipinski definition) is 1. The van der Waals surface area contributed by atoms with Gasteiger partial charge in [-0.3, -0.25) is 0 Å². The minimum Gasteiger partial charge on any atom is -0.324 e. The third-order valence-electron chi connectivity index (χ3n) is 1.68. The van der Waals surface area contributed by atoms with Gasteiger partial charge in [-0.1, -0.05) is 17.2 Å². The van der Waals surface area contributed by atoms with Crippen molar-refractivity contribution >= 4 is 29.0 Å². The molecule has 2 N–H and O–H groups in total. The maximum atomic E-state index is 5.78. The van der Waals surface area contributed by atoms with E-state index in [1.165, 1.54) is 5.57 Å². The summed E-state index contributed by atoms with van der Waals surface area (Å²) < 4.78 is 0.818. The normalized spacial score (nSPS) is 14.8. The van der Waals surface area contributed by atoms with Gasteiger partial charge in [0.25, 0.3) is 0 Å². The molecule has 1 rings (SSSR count). The zero-order valence-corrected chi connectivity index (χ0v) is 8.75. The fourth-order valence-corrected chi connectivity index (χ4v) is 1.83. The van der Waals surface area contributed by atoms with Crippen LogP contribution in [0, 0.1) is 0 Å². The van der Waals surface area contributed by atoms with E-state index in [1.54, 1.807) is 11.3 Å². The fourth-order valence-electron chi connectivity index (χ4n) is 0.762. The smallest absolute Gasteiger partial charge is 0.0934 e. The van der Waals surface area contributed by atoms with Gasteiger partial charge in [-0.2, -0.15) is 0 Å². The summed E-state index contributed by atoms with van der Waals surface area (Å²) in [6.45, 7) is 4.00. The van der Waals surface area contributed by atoms with Crippen LogP contribution in [-0.2, 0) is 0 Å². The molecule has 1 nitrogen and oxygen atoms in total. The lowest BCUT2D eigenvalue weighted by Gasteiger charge is -2.03. The van der Waals surface area contributed by atoms with E-state index in [-0.39, 0.29) is 6.04 Å². The van der Waals surface area contributed by atoms with Crippen molar-refractivity contribution in [1.82, 2.24) is 0 Å². The largest absolute Gasteiger partial charge is 0.324 e. The van der Waals surface area contributed by atoms with Crippen LogP contribution >= 0.6 is 22.9 Å². The molecule has 12 heavy (non-hydrogen) atoms. The molecule has 1 aromatic heterocycles. The SMILES string of the molecule is C/C(=C\c1ccc(Cl)s1)C(C)N. The van der Waals surface area contributed by atoms with Crippen LogP contribution < -0.4 is 5.73 Å². The van der Waals surface area contributed by atoms with Gasteiger partial charge in [-0.15, -0.1) is 11.3 Å². The zero-order valence-electron chi connectivity index (χ0n) is 7.17. The lowest BCUT2D eigenvalue weighted by atomic mass is 10.1. The van der Waals surface area contributed by atoms with Crippen molar-refractivity contribution in [2.45, 2.75) is 19.9 Å². The Hall–Kier alpha value is -0.310. The van der Waals surface area contributed by atoms with Crippen LogP contribution in [0.2, 0.25) is 4.34 Å². The van der Waals surface area contributed by atoms with Gasteiger partial charge in [0.15, 0.2) is 0 Å². The van der Waals surface area contributed by atoms with Gasteiger partial charge in [-0.25, -0.2) is 0 Å². The summed E-state index contributed by atoms with van der Waals surface area (Å²) in [7, 11) is 0. The van der Waals surface area contributed by atoms with Crippen molar-refractivity contribution in [1.29, 1.82) is 0 Å². The first-order valence-corrected chi connectivity index (χ1v) is 4.98. The maximum absolute atomic E-state index is 5.78. The molecule has 0 saturated heterocycles. The van der Waals surface area contributed by atoms with Crippen molar-refractivity contribution in [2.75, 3.05) is 0 Å². The minimum absolute atomic E-state index is 0.117. The van der Waals surface area contributed by atoms with Crippen molar-refractivity contribution in [3.8, 4) is 0 Å². The van der Waals surface area contributed by atoms with E-state index in [4.69, 9.17) is 17.3 Å². The van der Waals surface area contributed by atoms with Crippen LogP contribution in [-0.4, -0.2) is 6.04 Å². The Balaban J connectivity index is 2.80. The average molecular weight is 202 g/mol. The first-order chi connectivity index (χ1) is 5.59. The number of rotatable bonds is 2. The molecule has 0 amide bonds. The van der Waals surface area contributed by atoms with Crippen molar-refractivity contribution in [2.24, 2.45) is 5.73 Å². The Morgan fingerprint density at radius 3 is 2.75 bits per heavy atom. The Bertz CT molecular complexity index is 288. The van der Waals surface area contributed by atoms with Crippen molar-refractivity contribution < 1.29 is 0 Å². The molecule has 1 heterocycles. The summed E-state index contributed by atoms with van der Waals surface area (Å²) >= 11 is 7.35. The lowest BCUT2D eigenvalue weighted by molar-refractivity contribution is 0.868. The molecule has 0 bridgehead atoms. The van der Waals surface area contributed by atoms with Crippen molar-refractivity contribution in [3.63, 3.8) is 0 Å². The van der Waals surface area contributed by atoms with Gasteiger partial charge in [-0.05, 0) is 32.1 Å². The minimum atomic E-state index is 0.117. The Morgan fingerprint density at radius 2 is 2.33 bits per heavy atom. The van der Waals surface area contributed by atoms with Crippen LogP contribution in [0.3, 0.4) is 0 Å². The molecule has 0 fully saturated rings. The number of thiophene rings is 1. The number of nitrogens with two attached hydrogens (primary N) is 1. The molecule has 0 saturated carbocycles. The number of hydrogen-bond acceptors (Lipinski definition) is 2. The third-order valence-corrected chi connectivity index (χ3v) is 2.86. The quantitative estimate of drug-likeness (QED) is 0.782. The van der Waals surface area contributed by atoms with Gasteiger partial charge in [0.2, 0.25) is 0 Å². The molecule has 1 unspecified atom stereocenters. The summed E-state index contributed by atoms with van der Waals surface area (Å²) in [6.07, 6.45) is 2.07. The van der Waals surface area contributed by atoms with Gasteiger partial charge >= 0.3 is 0 Å². The van der Waals surface area contributed by atoms with Gasteiger partial charge in [0.1, 0.15) is 0 Å². The first-order valence-electron chi connectivity index (χ1n) is 3.78. The second-order valence-electron chi connectivity index (χ2n) is 2.82. The molecule has 0 spiro atoms. The molecule has 0 aliphatic rings. The van der Waals surface area contributed by atoms with E-state index in [1.807, 2.05) is 26.0 Å². The highest BCUT2D eigenvalue weighted by molar-refractivity contribution is 7.17. The predicted octanol–water partition coefficient (Wildman–Crippen LogP) is 3.15. The van der Waals surface area contributed by atoms with E-state index in [0.29, 0.717) is 0 Å². The summed E-state index contributed by atoms with van der Waals surface area (Å²) in [5.74, 6) is 0. The Kier molecular flexibility index (Phi) is 3.32. The van der Waals surface area contributed by atoms with Gasteiger partial charge in [0.05, 0.1) is 4.34 Å². The van der Waals surface area contributed by atoms with Crippen molar-refractivity contribution in [3.05, 3.63) is 26.9 Å². The fraction of sp³-hybridized carbons (Fsp3) is 0.333. The number of halogens is 1. The molecule has 0 aromatic carbocycles. The monoisotopic (exact) mass is 201 g/mol. The first kappa shape index (κ1) is 9.78. The van der Waals surface area contributed by atoms with E-state index >= 15 is 0 Å². The second-order valence-corrected chi connectivity index (χ2v) is 4.57. The predicted molar refractivity (Wildman–Crippen MR) is 56.6 cm³/mol. The topological polar surface area (TPSA) is 26.0 Å². The average Bonchev–Trinajstić information content (AvgIpc) is 2.35. The summed E-state index contributed by atoms with van der Waals surface area (Å²) in [5.41, 5.74) is 6.87. The van der Waals surface area contributed by atoms with Crippen LogP contribution in [0.15, 0.2) is 17.7 Å². The standard InChI is InChI=1S/C9H12ClNS/c1-6(7(2)11)5-8-3-4-9(10)12-8/h3-5,7H,11H2,1-2H3/b6-5+. The van der Waals surface area contributed by atoms with Crippen LogP contribution in [0.5, 0.6) is 0 Å². The molecule has 1 aromatic rings. The molecular formula is C9H12ClNS.